The molecule has 0 spiro atoms. The van der Waals surface area contributed by atoms with E-state index >= 15 is 0 Å². The Kier molecular flexibility index (Phi) is 8.47. The first-order valence-electron chi connectivity index (χ1n) is 11.4. The van der Waals surface area contributed by atoms with Gasteiger partial charge >= 0.3 is 0 Å². The molecule has 0 saturated heterocycles. The molecule has 1 heterocycles. The maximum absolute atomic E-state index is 13.3. The van der Waals surface area contributed by atoms with E-state index in [1.807, 2.05) is 25.1 Å². The topological polar surface area (TPSA) is 87.5 Å². The average molecular weight is 483 g/mol. The predicted octanol–water partition coefficient (Wildman–Crippen LogP) is 4.20. The summed E-state index contributed by atoms with van der Waals surface area (Å²) in [6.45, 7) is 9.29. The Morgan fingerprint density at radius 1 is 1.12 bits per heavy atom. The molecule has 0 bridgehead atoms. The summed E-state index contributed by atoms with van der Waals surface area (Å²) < 4.78 is 1.36. The van der Waals surface area contributed by atoms with Crippen molar-refractivity contribution < 1.29 is 9.90 Å². The predicted molar refractivity (Wildman–Crippen MR) is 138 cm³/mol. The summed E-state index contributed by atoms with van der Waals surface area (Å²) >= 11 is 6.02. The lowest BCUT2D eigenvalue weighted by atomic mass is 10.1. The highest BCUT2D eigenvalue weighted by Crippen LogP contribution is 2.24. The van der Waals surface area contributed by atoms with Crippen molar-refractivity contribution in [3.63, 3.8) is 0 Å². The minimum absolute atomic E-state index is 0.173. The number of aryl methyl sites for hydroxylation is 2. The SMILES string of the molecule is CCN(CC)c1ccc(NC(=O)Cn2c(-c3ccc(Cl)cc3)nc(C)c(CCO)c2=O)c(C)c1. The van der Waals surface area contributed by atoms with E-state index in [0.717, 1.165) is 24.3 Å². The fourth-order valence-electron chi connectivity index (χ4n) is 3.97. The normalized spacial score (nSPS) is 10.9. The zero-order valence-electron chi connectivity index (χ0n) is 20.1. The van der Waals surface area contributed by atoms with Crippen LogP contribution in [0.4, 0.5) is 11.4 Å². The number of rotatable bonds is 9. The average Bonchev–Trinajstić information content (AvgIpc) is 2.81. The first-order valence-corrected chi connectivity index (χ1v) is 11.8. The number of hydrogen-bond donors (Lipinski definition) is 2. The van der Waals surface area contributed by atoms with E-state index in [4.69, 9.17) is 11.6 Å². The first-order chi connectivity index (χ1) is 16.3. The summed E-state index contributed by atoms with van der Waals surface area (Å²) in [5.74, 6) is 0.0428. The molecule has 34 heavy (non-hydrogen) atoms. The van der Waals surface area contributed by atoms with Gasteiger partial charge in [-0.05, 0) is 75.7 Å². The van der Waals surface area contributed by atoms with Crippen molar-refractivity contribution in [2.45, 2.75) is 40.7 Å². The van der Waals surface area contributed by atoms with Crippen LogP contribution in [0.25, 0.3) is 11.4 Å². The standard InChI is InChI=1S/C26H31ClN4O3/c1-5-30(6-2)21-11-12-23(17(3)15-21)29-24(33)16-31-25(19-7-9-20(27)10-8-19)28-18(4)22(13-14-32)26(31)34/h7-12,15,32H,5-6,13-14,16H2,1-4H3,(H,29,33). The molecule has 0 radical (unpaired) electrons. The summed E-state index contributed by atoms with van der Waals surface area (Å²) in [6.07, 6.45) is 0.173. The van der Waals surface area contributed by atoms with E-state index < -0.39 is 0 Å². The van der Waals surface area contributed by atoms with Gasteiger partial charge in [0.15, 0.2) is 0 Å². The van der Waals surface area contributed by atoms with E-state index in [0.29, 0.717) is 33.4 Å². The molecule has 7 nitrogen and oxygen atoms in total. The monoisotopic (exact) mass is 482 g/mol. The van der Waals surface area contributed by atoms with Gasteiger partial charge in [0.1, 0.15) is 12.4 Å². The third-order valence-corrected chi connectivity index (χ3v) is 6.10. The van der Waals surface area contributed by atoms with E-state index in [2.05, 4.69) is 29.0 Å². The maximum atomic E-state index is 13.3. The van der Waals surface area contributed by atoms with Gasteiger partial charge in [-0.25, -0.2) is 4.98 Å². The molecule has 0 aliphatic heterocycles. The number of aliphatic hydroxyl groups is 1. The number of amides is 1. The molecule has 8 heteroatoms. The van der Waals surface area contributed by atoms with Crippen LogP contribution in [0.5, 0.6) is 0 Å². The Hall–Kier alpha value is -3.16. The number of hydrogen-bond acceptors (Lipinski definition) is 5. The third kappa shape index (κ3) is 5.66. The van der Waals surface area contributed by atoms with Crippen molar-refractivity contribution in [1.82, 2.24) is 9.55 Å². The summed E-state index contributed by atoms with van der Waals surface area (Å²) in [7, 11) is 0. The molecular formula is C26H31ClN4O3. The van der Waals surface area contributed by atoms with Crippen LogP contribution in [-0.2, 0) is 17.8 Å². The molecule has 0 unspecified atom stereocenters. The number of anilines is 2. The zero-order chi connectivity index (χ0) is 24.8. The number of halogens is 1. The second kappa shape index (κ2) is 11.3. The van der Waals surface area contributed by atoms with Crippen molar-refractivity contribution >= 4 is 28.9 Å². The lowest BCUT2D eigenvalue weighted by molar-refractivity contribution is -0.116. The molecular weight excluding hydrogens is 452 g/mol. The molecule has 0 aliphatic carbocycles. The van der Waals surface area contributed by atoms with Gasteiger partial charge in [-0.2, -0.15) is 0 Å². The van der Waals surface area contributed by atoms with E-state index in [-0.39, 0.29) is 31.0 Å². The highest BCUT2D eigenvalue weighted by atomic mass is 35.5. The van der Waals surface area contributed by atoms with Crippen molar-refractivity contribution in [3.05, 3.63) is 74.7 Å². The molecule has 180 valence electrons. The third-order valence-electron chi connectivity index (χ3n) is 5.85. The summed E-state index contributed by atoms with van der Waals surface area (Å²) in [4.78, 5) is 33.1. The Balaban J connectivity index is 1.95. The fourth-order valence-corrected chi connectivity index (χ4v) is 4.10. The second-order valence-electron chi connectivity index (χ2n) is 8.09. The summed E-state index contributed by atoms with van der Waals surface area (Å²) in [5, 5.41) is 12.9. The van der Waals surface area contributed by atoms with E-state index in [1.165, 1.54) is 4.57 Å². The van der Waals surface area contributed by atoms with Gasteiger partial charge in [-0.1, -0.05) is 11.6 Å². The van der Waals surface area contributed by atoms with Gasteiger partial charge in [0.2, 0.25) is 5.91 Å². The molecule has 3 aromatic rings. The molecule has 0 saturated carbocycles. The number of benzene rings is 2. The zero-order valence-corrected chi connectivity index (χ0v) is 20.8. The smallest absolute Gasteiger partial charge is 0.257 e. The van der Waals surface area contributed by atoms with Gasteiger partial charge in [0, 0.05) is 59.3 Å². The fraction of sp³-hybridized carbons (Fsp3) is 0.346. The number of nitrogens with zero attached hydrogens (tertiary/aromatic N) is 3. The number of carbonyl (C=O) groups is 1. The van der Waals surface area contributed by atoms with E-state index in [9.17, 15) is 14.7 Å². The molecule has 3 rings (SSSR count). The van der Waals surface area contributed by atoms with Crippen LogP contribution in [0.3, 0.4) is 0 Å². The Morgan fingerprint density at radius 2 is 1.79 bits per heavy atom. The van der Waals surface area contributed by atoms with E-state index in [1.54, 1.807) is 31.2 Å². The number of aliphatic hydroxyl groups excluding tert-OH is 1. The molecule has 1 aromatic heterocycles. The quantitative estimate of drug-likeness (QED) is 0.477. The van der Waals surface area contributed by atoms with Crippen LogP contribution in [0.2, 0.25) is 5.02 Å². The van der Waals surface area contributed by atoms with Gasteiger partial charge in [0.05, 0.1) is 0 Å². The number of nitrogens with one attached hydrogen (secondary N) is 1. The van der Waals surface area contributed by atoms with Crippen molar-refractivity contribution in [2.24, 2.45) is 0 Å². The largest absolute Gasteiger partial charge is 0.396 e. The van der Waals surface area contributed by atoms with Crippen LogP contribution in [0, 0.1) is 13.8 Å². The minimum atomic E-state index is -0.338. The van der Waals surface area contributed by atoms with Crippen LogP contribution < -0.4 is 15.8 Å². The molecule has 0 fully saturated rings. The highest BCUT2D eigenvalue weighted by Gasteiger charge is 2.18. The number of aromatic nitrogens is 2. The maximum Gasteiger partial charge on any atom is 0.257 e. The van der Waals surface area contributed by atoms with Gasteiger partial charge in [-0.15, -0.1) is 0 Å². The molecule has 2 N–H and O–H groups in total. The highest BCUT2D eigenvalue weighted by molar-refractivity contribution is 6.30. The second-order valence-corrected chi connectivity index (χ2v) is 8.53. The van der Waals surface area contributed by atoms with Gasteiger partial charge in [0.25, 0.3) is 5.56 Å². The molecule has 2 aromatic carbocycles. The van der Waals surface area contributed by atoms with Crippen molar-refractivity contribution in [3.8, 4) is 11.4 Å². The van der Waals surface area contributed by atoms with Crippen molar-refractivity contribution in [1.29, 1.82) is 0 Å². The van der Waals surface area contributed by atoms with Gasteiger partial charge < -0.3 is 15.3 Å². The summed E-state index contributed by atoms with van der Waals surface area (Å²) in [6, 6.07) is 12.9. The van der Waals surface area contributed by atoms with Crippen LogP contribution in [0.15, 0.2) is 47.3 Å². The van der Waals surface area contributed by atoms with Crippen LogP contribution in [-0.4, -0.2) is 40.3 Å². The lowest BCUT2D eigenvalue weighted by Gasteiger charge is -2.22. The number of carbonyl (C=O) groups excluding carboxylic acids is 1. The van der Waals surface area contributed by atoms with Crippen LogP contribution >= 0.6 is 11.6 Å². The molecule has 0 aliphatic rings. The Bertz CT molecular complexity index is 1220. The van der Waals surface area contributed by atoms with Crippen molar-refractivity contribution in [2.75, 3.05) is 29.9 Å². The Labute approximate surface area is 205 Å². The molecule has 0 atom stereocenters. The summed E-state index contributed by atoms with van der Waals surface area (Å²) in [5.41, 5.74) is 3.99. The first kappa shape index (κ1) is 25.5. The minimum Gasteiger partial charge on any atom is -0.396 e. The Morgan fingerprint density at radius 3 is 2.38 bits per heavy atom. The van der Waals surface area contributed by atoms with Crippen LogP contribution in [0.1, 0.15) is 30.7 Å². The van der Waals surface area contributed by atoms with Gasteiger partial charge in [-0.3, -0.25) is 14.2 Å². The molecule has 1 amide bonds. The lowest BCUT2D eigenvalue weighted by Crippen LogP contribution is -2.33.